The Kier molecular flexibility index (Phi) is 8.57. The lowest BCUT2D eigenvalue weighted by atomic mass is 10.1. The lowest BCUT2D eigenvalue weighted by Crippen LogP contribution is -2.42. The number of carbonyl (C=O) groups excluding carboxylic acids is 2. The zero-order chi connectivity index (χ0) is 18.0. The van der Waals surface area contributed by atoms with Crippen LogP contribution in [0.1, 0.15) is 66.2 Å². The number of nitrogens with one attached hydrogen (secondary N) is 2. The van der Waals surface area contributed by atoms with Crippen LogP contribution in [0.4, 0.5) is 9.59 Å². The first-order valence-corrected chi connectivity index (χ1v) is 8.89. The number of amides is 3. The van der Waals surface area contributed by atoms with E-state index in [2.05, 4.69) is 22.8 Å². The molecule has 138 valence electrons. The largest absolute Gasteiger partial charge is 0.444 e. The van der Waals surface area contributed by atoms with Crippen molar-refractivity contribution in [1.82, 2.24) is 15.6 Å². The van der Waals surface area contributed by atoms with Crippen LogP contribution in [0.5, 0.6) is 0 Å². The van der Waals surface area contributed by atoms with Crippen LogP contribution in [0.15, 0.2) is 5.10 Å². The minimum atomic E-state index is -0.543. The molecule has 24 heavy (non-hydrogen) atoms. The van der Waals surface area contributed by atoms with Gasteiger partial charge in [0.1, 0.15) is 5.60 Å². The number of urea groups is 1. The summed E-state index contributed by atoms with van der Waals surface area (Å²) in [7, 11) is 0. The highest BCUT2D eigenvalue weighted by molar-refractivity contribution is 5.78. The number of ether oxygens (including phenoxy) is 1. The minimum absolute atomic E-state index is 0.183. The van der Waals surface area contributed by atoms with Gasteiger partial charge in [0.15, 0.2) is 0 Å². The number of likely N-dealkylation sites (tertiary alicyclic amines) is 1. The van der Waals surface area contributed by atoms with Crippen LogP contribution in [0.2, 0.25) is 0 Å². The molecule has 0 saturated carbocycles. The molecular formula is C17H32N4O3. The Balaban J connectivity index is 2.48. The van der Waals surface area contributed by atoms with Crippen LogP contribution < -0.4 is 10.7 Å². The maximum Gasteiger partial charge on any atom is 0.408 e. The van der Waals surface area contributed by atoms with E-state index in [1.165, 1.54) is 6.42 Å². The quantitative estimate of drug-likeness (QED) is 0.575. The summed E-state index contributed by atoms with van der Waals surface area (Å²) < 4.78 is 5.26. The van der Waals surface area contributed by atoms with E-state index in [0.717, 1.165) is 45.2 Å². The summed E-state index contributed by atoms with van der Waals surface area (Å²) in [6.07, 6.45) is 7.06. The monoisotopic (exact) mass is 340 g/mol. The van der Waals surface area contributed by atoms with Crippen molar-refractivity contribution >= 4 is 18.3 Å². The topological polar surface area (TPSA) is 83.0 Å². The van der Waals surface area contributed by atoms with Crippen molar-refractivity contribution in [3.8, 4) is 0 Å². The number of hydrazone groups is 1. The van der Waals surface area contributed by atoms with E-state index in [1.807, 2.05) is 20.8 Å². The van der Waals surface area contributed by atoms with Crippen molar-refractivity contribution in [2.24, 2.45) is 5.10 Å². The highest BCUT2D eigenvalue weighted by atomic mass is 16.6. The van der Waals surface area contributed by atoms with Crippen molar-refractivity contribution in [3.05, 3.63) is 0 Å². The highest BCUT2D eigenvalue weighted by Crippen LogP contribution is 2.09. The Bertz CT molecular complexity index is 426. The van der Waals surface area contributed by atoms with E-state index in [4.69, 9.17) is 4.74 Å². The molecule has 0 aromatic heterocycles. The van der Waals surface area contributed by atoms with Gasteiger partial charge >= 0.3 is 12.1 Å². The molecule has 1 rings (SSSR count). The van der Waals surface area contributed by atoms with E-state index < -0.39 is 11.7 Å². The van der Waals surface area contributed by atoms with Gasteiger partial charge in [-0.15, -0.1) is 0 Å². The smallest absolute Gasteiger partial charge is 0.408 e. The number of rotatable bonds is 6. The summed E-state index contributed by atoms with van der Waals surface area (Å²) in [6, 6.07) is -0.445. The van der Waals surface area contributed by atoms with Gasteiger partial charge in [-0.3, -0.25) is 0 Å². The highest BCUT2D eigenvalue weighted by Gasteiger charge is 2.19. The molecule has 1 fully saturated rings. The number of piperidine rings is 1. The summed E-state index contributed by atoms with van der Waals surface area (Å²) >= 11 is 0. The molecule has 0 radical (unpaired) electrons. The number of hydrogen-bond acceptors (Lipinski definition) is 4. The molecule has 0 aromatic rings. The van der Waals surface area contributed by atoms with Crippen LogP contribution in [0, 0.1) is 0 Å². The lowest BCUT2D eigenvalue weighted by molar-refractivity contribution is 0.0517. The molecule has 1 heterocycles. The molecule has 1 saturated heterocycles. The molecule has 0 aromatic carbocycles. The van der Waals surface area contributed by atoms with E-state index >= 15 is 0 Å². The lowest BCUT2D eigenvalue weighted by Gasteiger charge is -2.25. The Morgan fingerprint density at radius 2 is 1.92 bits per heavy atom. The number of nitrogens with zero attached hydrogens (tertiary/aromatic N) is 2. The third kappa shape index (κ3) is 8.74. The summed E-state index contributed by atoms with van der Waals surface area (Å²) in [5.41, 5.74) is 2.00. The maximum absolute atomic E-state index is 12.0. The van der Waals surface area contributed by atoms with Crippen LogP contribution in [-0.2, 0) is 4.74 Å². The Hall–Kier alpha value is -1.79. The number of hydrogen-bond donors (Lipinski definition) is 2. The average Bonchev–Trinajstić information content (AvgIpc) is 2.51. The van der Waals surface area contributed by atoms with Gasteiger partial charge < -0.3 is 15.0 Å². The third-order valence-electron chi connectivity index (χ3n) is 3.63. The summed E-state index contributed by atoms with van der Waals surface area (Å²) in [4.78, 5) is 25.6. The first-order chi connectivity index (χ1) is 11.3. The molecule has 1 aliphatic heterocycles. The normalized spacial score (nSPS) is 16.8. The molecule has 0 spiro atoms. The first kappa shape index (κ1) is 20.3. The first-order valence-electron chi connectivity index (χ1n) is 8.89. The van der Waals surface area contributed by atoms with Gasteiger partial charge in [0, 0.05) is 19.3 Å². The van der Waals surface area contributed by atoms with Gasteiger partial charge in [0.25, 0.3) is 0 Å². The molecule has 2 N–H and O–H groups in total. The molecule has 0 unspecified atom stereocenters. The van der Waals surface area contributed by atoms with Crippen LogP contribution >= 0.6 is 0 Å². The average molecular weight is 340 g/mol. The molecular weight excluding hydrogens is 308 g/mol. The molecule has 7 heteroatoms. The summed E-state index contributed by atoms with van der Waals surface area (Å²) in [5.74, 6) is 0. The fourth-order valence-electron chi connectivity index (χ4n) is 2.42. The number of unbranched alkanes of at least 4 members (excludes halogenated alkanes) is 1. The molecule has 1 aliphatic rings. The SMILES string of the molecule is CCCC[C@@H](/C=N/NC(=O)N1CCCCC1)NC(=O)OC(C)(C)C. The van der Waals surface area contributed by atoms with E-state index in [9.17, 15) is 9.59 Å². The van der Waals surface area contributed by atoms with E-state index in [1.54, 1.807) is 11.1 Å². The zero-order valence-electron chi connectivity index (χ0n) is 15.4. The summed E-state index contributed by atoms with van der Waals surface area (Å²) in [5, 5.41) is 6.80. The molecule has 7 nitrogen and oxygen atoms in total. The van der Waals surface area contributed by atoms with Crippen molar-refractivity contribution < 1.29 is 14.3 Å². The number of carbonyl (C=O) groups is 2. The maximum atomic E-state index is 12.0. The van der Waals surface area contributed by atoms with Gasteiger partial charge in [-0.05, 0) is 46.5 Å². The van der Waals surface area contributed by atoms with E-state index in [0.29, 0.717) is 0 Å². The number of alkyl carbamates (subject to hydrolysis) is 1. The van der Waals surface area contributed by atoms with Gasteiger partial charge in [-0.25, -0.2) is 15.0 Å². The molecule has 3 amide bonds. The Labute approximate surface area is 145 Å². The second-order valence-corrected chi connectivity index (χ2v) is 7.14. The van der Waals surface area contributed by atoms with Gasteiger partial charge in [0.2, 0.25) is 0 Å². The van der Waals surface area contributed by atoms with Gasteiger partial charge in [0.05, 0.1) is 6.04 Å². The van der Waals surface area contributed by atoms with Crippen LogP contribution in [0.3, 0.4) is 0 Å². The Morgan fingerprint density at radius 3 is 2.50 bits per heavy atom. The standard InChI is InChI=1S/C17H32N4O3/c1-5-6-10-14(19-16(23)24-17(2,3)4)13-18-20-15(22)21-11-8-7-9-12-21/h13-14H,5-12H2,1-4H3,(H,19,23)(H,20,22)/b18-13+/t14-/m0/s1. The summed E-state index contributed by atoms with van der Waals surface area (Å²) in [6.45, 7) is 9.09. The van der Waals surface area contributed by atoms with Crippen molar-refractivity contribution in [3.63, 3.8) is 0 Å². The predicted octanol–water partition coefficient (Wildman–Crippen LogP) is 3.25. The fraction of sp³-hybridized carbons (Fsp3) is 0.824. The van der Waals surface area contributed by atoms with E-state index in [-0.39, 0.29) is 12.1 Å². The second kappa shape index (κ2) is 10.2. The van der Waals surface area contributed by atoms with Crippen LogP contribution in [-0.4, -0.2) is 48.0 Å². The van der Waals surface area contributed by atoms with Crippen LogP contribution in [0.25, 0.3) is 0 Å². The van der Waals surface area contributed by atoms with Gasteiger partial charge in [-0.2, -0.15) is 5.10 Å². The van der Waals surface area contributed by atoms with Crippen molar-refractivity contribution in [2.75, 3.05) is 13.1 Å². The minimum Gasteiger partial charge on any atom is -0.444 e. The second-order valence-electron chi connectivity index (χ2n) is 7.14. The fourth-order valence-corrected chi connectivity index (χ4v) is 2.42. The molecule has 1 atom stereocenters. The third-order valence-corrected chi connectivity index (χ3v) is 3.63. The zero-order valence-corrected chi connectivity index (χ0v) is 15.4. The molecule has 0 aliphatic carbocycles. The van der Waals surface area contributed by atoms with Crippen molar-refractivity contribution in [2.45, 2.75) is 77.9 Å². The predicted molar refractivity (Wildman–Crippen MR) is 95.1 cm³/mol. The molecule has 0 bridgehead atoms. The van der Waals surface area contributed by atoms with Gasteiger partial charge in [-0.1, -0.05) is 19.8 Å². The van der Waals surface area contributed by atoms with Crippen molar-refractivity contribution in [1.29, 1.82) is 0 Å². The Morgan fingerprint density at radius 1 is 1.25 bits per heavy atom.